The fourth-order valence-electron chi connectivity index (χ4n) is 3.76. The van der Waals surface area contributed by atoms with Crippen LogP contribution >= 0.6 is 34.7 Å². The molecule has 2 atom stereocenters. The molecule has 2 aliphatic rings. The van der Waals surface area contributed by atoms with E-state index in [1.807, 2.05) is 0 Å². The summed E-state index contributed by atoms with van der Waals surface area (Å²) in [6.45, 7) is 1.62. The number of oxime groups is 1. The molecule has 206 valence electrons. The molecule has 0 aliphatic carbocycles. The van der Waals surface area contributed by atoms with Crippen molar-refractivity contribution in [1.29, 1.82) is 0 Å². The van der Waals surface area contributed by atoms with E-state index in [0.717, 1.165) is 28.4 Å². The van der Waals surface area contributed by atoms with Gasteiger partial charge in [-0.15, -0.1) is 23.1 Å². The number of fused-ring (bicyclic) bond motifs is 1. The topological polar surface area (TPSA) is 217 Å². The van der Waals surface area contributed by atoms with Crippen LogP contribution in [0.1, 0.15) is 23.0 Å². The SMILES string of the molecule is CCO/N=C(\C(=O)N[C@@H]1C(=O)N2C(C(=O)O)=C(CNC(=O)c3cc(O)c(O)c(Cl)c3)CS[C@H]12)c1csc(N)n1. The van der Waals surface area contributed by atoms with E-state index < -0.39 is 46.6 Å². The van der Waals surface area contributed by atoms with Gasteiger partial charge in [0.25, 0.3) is 17.7 Å². The average molecular weight is 597 g/mol. The van der Waals surface area contributed by atoms with Gasteiger partial charge < -0.3 is 36.5 Å². The van der Waals surface area contributed by atoms with Crippen LogP contribution in [0.4, 0.5) is 5.13 Å². The number of benzene rings is 1. The third-order valence-corrected chi connectivity index (χ3v) is 7.87. The van der Waals surface area contributed by atoms with Gasteiger partial charge in [-0.2, -0.15) is 0 Å². The lowest BCUT2D eigenvalue weighted by Crippen LogP contribution is -2.71. The summed E-state index contributed by atoms with van der Waals surface area (Å²) >= 11 is 8.08. The van der Waals surface area contributed by atoms with Crippen molar-refractivity contribution >= 4 is 69.2 Å². The smallest absolute Gasteiger partial charge is 0.352 e. The van der Waals surface area contributed by atoms with Gasteiger partial charge in [-0.3, -0.25) is 19.3 Å². The maximum Gasteiger partial charge on any atom is 0.352 e. The minimum atomic E-state index is -1.38. The lowest BCUT2D eigenvalue weighted by molar-refractivity contribution is -0.150. The van der Waals surface area contributed by atoms with E-state index in [0.29, 0.717) is 0 Å². The summed E-state index contributed by atoms with van der Waals surface area (Å²) in [5.74, 6) is -4.53. The molecule has 0 bridgehead atoms. The van der Waals surface area contributed by atoms with Gasteiger partial charge in [0, 0.05) is 23.2 Å². The number of nitrogens with zero attached hydrogens (tertiary/aromatic N) is 3. The Balaban J connectivity index is 1.48. The molecule has 1 saturated heterocycles. The predicted octanol–water partition coefficient (Wildman–Crippen LogP) is 0.699. The Kier molecular flexibility index (Phi) is 8.17. The summed E-state index contributed by atoms with van der Waals surface area (Å²) < 4.78 is 0. The average Bonchev–Trinajstić information content (AvgIpc) is 3.33. The Morgan fingerprint density at radius 1 is 1.33 bits per heavy atom. The second-order valence-corrected chi connectivity index (χ2v) is 10.5. The molecule has 0 spiro atoms. The number of aromatic nitrogens is 1. The summed E-state index contributed by atoms with van der Waals surface area (Å²) in [4.78, 5) is 60.6. The van der Waals surface area contributed by atoms with Gasteiger partial charge in [0.05, 0.1) is 5.02 Å². The van der Waals surface area contributed by atoms with Crippen LogP contribution in [0, 0.1) is 0 Å². The Labute approximate surface area is 233 Å². The fraction of sp³-hybridized carbons (Fsp3) is 0.273. The summed E-state index contributed by atoms with van der Waals surface area (Å²) in [5, 5.41) is 38.7. The number of carbonyl (C=O) groups excluding carboxylic acids is 3. The van der Waals surface area contributed by atoms with Gasteiger partial charge in [-0.25, -0.2) is 9.78 Å². The molecular formula is C22H21ClN6O8S2. The van der Waals surface area contributed by atoms with Crippen LogP contribution < -0.4 is 16.4 Å². The molecule has 0 saturated carbocycles. The molecule has 0 radical (unpaired) electrons. The normalized spacial score (nSPS) is 18.8. The number of amides is 3. The monoisotopic (exact) mass is 596 g/mol. The number of aromatic hydroxyl groups is 2. The molecule has 1 aromatic heterocycles. The maximum absolute atomic E-state index is 13.0. The number of hydrogen-bond donors (Lipinski definition) is 6. The zero-order chi connectivity index (χ0) is 28.4. The molecule has 1 fully saturated rings. The Morgan fingerprint density at radius 3 is 2.69 bits per heavy atom. The molecule has 3 amide bonds. The van der Waals surface area contributed by atoms with E-state index in [-0.39, 0.29) is 57.3 Å². The number of hydrogen-bond acceptors (Lipinski definition) is 12. The van der Waals surface area contributed by atoms with Crippen LogP contribution in [0.25, 0.3) is 0 Å². The largest absolute Gasteiger partial charge is 0.504 e. The quantitative estimate of drug-likeness (QED) is 0.102. The summed E-state index contributed by atoms with van der Waals surface area (Å²) in [5.41, 5.74) is 5.50. The van der Waals surface area contributed by atoms with Crippen molar-refractivity contribution in [3.8, 4) is 11.5 Å². The number of anilines is 1. The first-order chi connectivity index (χ1) is 18.5. The number of aliphatic carboxylic acids is 1. The van der Waals surface area contributed by atoms with Crippen LogP contribution in [0.2, 0.25) is 5.02 Å². The van der Waals surface area contributed by atoms with Crippen LogP contribution in [-0.4, -0.2) is 84.9 Å². The molecular weight excluding hydrogens is 576 g/mol. The van der Waals surface area contributed by atoms with Gasteiger partial charge >= 0.3 is 5.97 Å². The molecule has 2 aliphatic heterocycles. The van der Waals surface area contributed by atoms with Crippen LogP contribution in [-0.2, 0) is 19.2 Å². The number of carboxylic acid groups (broad SMARTS) is 1. The molecule has 4 rings (SSSR count). The van der Waals surface area contributed by atoms with Crippen molar-refractivity contribution < 1.29 is 39.3 Å². The Bertz CT molecular complexity index is 1400. The number of phenolic OH excluding ortho intramolecular Hbond substituents is 2. The highest BCUT2D eigenvalue weighted by Crippen LogP contribution is 2.40. The summed E-state index contributed by atoms with van der Waals surface area (Å²) in [7, 11) is 0. The van der Waals surface area contributed by atoms with Crippen LogP contribution in [0.15, 0.2) is 33.9 Å². The zero-order valence-corrected chi connectivity index (χ0v) is 22.4. The Morgan fingerprint density at radius 2 is 2.08 bits per heavy atom. The third-order valence-electron chi connectivity index (χ3n) is 5.57. The van der Waals surface area contributed by atoms with E-state index >= 15 is 0 Å². The standard InChI is InChI=1S/C22H21ClN6O8S2/c1-2-37-28-13(11-7-39-22(24)26-11)18(33)27-14-19(34)29-15(21(35)36)9(6-38-20(14)29)5-25-17(32)8-3-10(23)16(31)12(30)4-8/h3-4,7,14,20,30-31H,2,5-6H2,1H3,(H2,24,26)(H,25,32)(H,27,33)(H,35,36)/b28-13-/t14-,20-/m1/s1. The van der Waals surface area contributed by atoms with E-state index in [1.165, 1.54) is 17.1 Å². The highest BCUT2D eigenvalue weighted by molar-refractivity contribution is 8.00. The van der Waals surface area contributed by atoms with Crippen LogP contribution in [0.5, 0.6) is 11.5 Å². The number of halogens is 1. The first-order valence-electron chi connectivity index (χ1n) is 11.1. The van der Waals surface area contributed by atoms with Gasteiger partial charge in [-0.05, 0) is 24.6 Å². The van der Waals surface area contributed by atoms with Crippen molar-refractivity contribution in [2.45, 2.75) is 18.3 Å². The minimum absolute atomic E-state index is 0.0664. The molecule has 14 nitrogen and oxygen atoms in total. The number of thiazole rings is 1. The minimum Gasteiger partial charge on any atom is -0.504 e. The predicted molar refractivity (Wildman–Crippen MR) is 141 cm³/mol. The van der Waals surface area contributed by atoms with Gasteiger partial charge in [-0.1, -0.05) is 16.8 Å². The van der Waals surface area contributed by atoms with Gasteiger partial charge in [0.2, 0.25) is 0 Å². The molecule has 2 aromatic rings. The number of nitrogens with two attached hydrogens (primary N) is 1. The van der Waals surface area contributed by atoms with E-state index in [9.17, 15) is 34.5 Å². The number of β-lactam (4-membered cyclic amide) rings is 1. The molecule has 39 heavy (non-hydrogen) atoms. The highest BCUT2D eigenvalue weighted by Gasteiger charge is 2.54. The van der Waals surface area contributed by atoms with Crippen LogP contribution in [0.3, 0.4) is 0 Å². The fourth-order valence-corrected chi connectivity index (χ4v) is 5.87. The van der Waals surface area contributed by atoms with Gasteiger partial charge in [0.1, 0.15) is 29.4 Å². The van der Waals surface area contributed by atoms with E-state index in [2.05, 4.69) is 20.8 Å². The zero-order valence-electron chi connectivity index (χ0n) is 20.0. The lowest BCUT2D eigenvalue weighted by Gasteiger charge is -2.49. The molecule has 1 aromatic carbocycles. The van der Waals surface area contributed by atoms with Crippen molar-refractivity contribution in [3.05, 3.63) is 45.1 Å². The van der Waals surface area contributed by atoms with Crippen molar-refractivity contribution in [2.24, 2.45) is 5.16 Å². The van der Waals surface area contributed by atoms with Crippen molar-refractivity contribution in [1.82, 2.24) is 20.5 Å². The molecule has 0 unspecified atom stereocenters. The number of nitrogens with one attached hydrogen (secondary N) is 2. The number of carbonyl (C=O) groups is 4. The summed E-state index contributed by atoms with van der Waals surface area (Å²) in [6, 6.07) is 1.10. The first kappa shape index (κ1) is 28.0. The number of thioether (sulfide) groups is 1. The van der Waals surface area contributed by atoms with Gasteiger partial charge in [0.15, 0.2) is 22.3 Å². The third kappa shape index (κ3) is 5.57. The van der Waals surface area contributed by atoms with Crippen molar-refractivity contribution in [3.63, 3.8) is 0 Å². The second kappa shape index (κ2) is 11.4. The Hall–Kier alpha value is -4.02. The van der Waals surface area contributed by atoms with Crippen molar-refractivity contribution in [2.75, 3.05) is 24.6 Å². The maximum atomic E-state index is 13.0. The first-order valence-corrected chi connectivity index (χ1v) is 13.5. The number of nitrogen functional groups attached to an aromatic ring is 1. The molecule has 7 N–H and O–H groups in total. The highest BCUT2D eigenvalue weighted by atomic mass is 35.5. The molecule has 17 heteroatoms. The lowest BCUT2D eigenvalue weighted by atomic mass is 10.0. The molecule has 3 heterocycles. The number of carboxylic acids is 1. The summed E-state index contributed by atoms with van der Waals surface area (Å²) in [6.07, 6.45) is 0. The number of phenols is 2. The van der Waals surface area contributed by atoms with E-state index in [1.54, 1.807) is 6.92 Å². The van der Waals surface area contributed by atoms with E-state index in [4.69, 9.17) is 22.2 Å². The second-order valence-electron chi connectivity index (χ2n) is 8.06. The number of rotatable bonds is 9.